The second-order valence-corrected chi connectivity index (χ2v) is 9.85. The van der Waals surface area contributed by atoms with Crippen molar-refractivity contribution in [2.45, 2.75) is 19.3 Å². The number of H-pyrrole nitrogens is 2. The molecular formula is C27H21N7OS. The first kappa shape index (κ1) is 21.0. The molecule has 1 fully saturated rings. The Kier molecular flexibility index (Phi) is 4.88. The van der Waals surface area contributed by atoms with Crippen molar-refractivity contribution in [1.82, 2.24) is 30.1 Å². The topological polar surface area (TPSA) is 112 Å². The van der Waals surface area contributed by atoms with Crippen LogP contribution in [-0.2, 0) is 4.79 Å². The first-order valence-corrected chi connectivity index (χ1v) is 12.8. The lowest BCUT2D eigenvalue weighted by Crippen LogP contribution is -2.28. The average molecular weight is 492 g/mol. The highest BCUT2D eigenvalue weighted by atomic mass is 32.1. The molecule has 1 aromatic carbocycles. The van der Waals surface area contributed by atoms with Crippen LogP contribution in [0.3, 0.4) is 0 Å². The summed E-state index contributed by atoms with van der Waals surface area (Å²) in [7, 11) is 0. The Bertz CT molecular complexity index is 1730. The van der Waals surface area contributed by atoms with Crippen molar-refractivity contribution in [3.8, 4) is 33.9 Å². The van der Waals surface area contributed by atoms with E-state index in [0.29, 0.717) is 11.5 Å². The number of rotatable bonds is 5. The predicted molar refractivity (Wildman–Crippen MR) is 141 cm³/mol. The van der Waals surface area contributed by atoms with Gasteiger partial charge >= 0.3 is 0 Å². The largest absolute Gasteiger partial charge is 0.336 e. The lowest BCUT2D eigenvalue weighted by atomic mass is 9.85. The van der Waals surface area contributed by atoms with Crippen LogP contribution in [0.2, 0.25) is 0 Å². The Hall–Kier alpha value is -4.37. The Balaban J connectivity index is 1.26. The Morgan fingerprint density at radius 2 is 1.94 bits per heavy atom. The first-order valence-electron chi connectivity index (χ1n) is 11.8. The van der Waals surface area contributed by atoms with Crippen molar-refractivity contribution < 1.29 is 4.79 Å². The smallest absolute Gasteiger partial charge is 0.227 e. The second-order valence-electron chi connectivity index (χ2n) is 9.07. The van der Waals surface area contributed by atoms with Gasteiger partial charge in [0.05, 0.1) is 28.6 Å². The van der Waals surface area contributed by atoms with Gasteiger partial charge in [-0.1, -0.05) is 12.5 Å². The van der Waals surface area contributed by atoms with E-state index in [9.17, 15) is 4.79 Å². The fourth-order valence-electron chi connectivity index (χ4n) is 4.61. The molecule has 0 saturated heterocycles. The Morgan fingerprint density at radius 3 is 2.78 bits per heavy atom. The SMILES string of the molecule is O=C(Nc1cncc(-c2ccc3[nH]nc(-c4nc5c(-c6ccsc6)nccc5[nH]4)c3c2)c1)C1CCC1. The third kappa shape index (κ3) is 3.56. The third-order valence-corrected chi connectivity index (χ3v) is 7.48. The number of carbonyl (C=O) groups is 1. The third-order valence-electron chi connectivity index (χ3n) is 6.80. The minimum absolute atomic E-state index is 0.0777. The summed E-state index contributed by atoms with van der Waals surface area (Å²) >= 11 is 1.63. The van der Waals surface area contributed by atoms with Crippen LogP contribution in [0.25, 0.3) is 55.8 Å². The molecule has 1 aliphatic rings. The fraction of sp³-hybridized carbons (Fsp3) is 0.148. The highest BCUT2D eigenvalue weighted by Gasteiger charge is 2.25. The number of amides is 1. The first-order chi connectivity index (χ1) is 17.7. The van der Waals surface area contributed by atoms with E-state index in [1.165, 1.54) is 0 Å². The summed E-state index contributed by atoms with van der Waals surface area (Å²) in [6.45, 7) is 0. The molecule has 5 aromatic heterocycles. The number of nitrogens with zero attached hydrogens (tertiary/aromatic N) is 4. The number of thiophene rings is 1. The van der Waals surface area contributed by atoms with Crippen LogP contribution in [0.4, 0.5) is 5.69 Å². The number of carbonyl (C=O) groups excluding carboxylic acids is 1. The van der Waals surface area contributed by atoms with Crippen LogP contribution < -0.4 is 5.32 Å². The van der Waals surface area contributed by atoms with E-state index in [0.717, 1.165) is 69.3 Å². The number of pyridine rings is 2. The molecule has 0 atom stereocenters. The number of hydrogen-bond acceptors (Lipinski definition) is 6. The van der Waals surface area contributed by atoms with E-state index in [4.69, 9.17) is 4.98 Å². The number of anilines is 1. The fourth-order valence-corrected chi connectivity index (χ4v) is 5.25. The Morgan fingerprint density at radius 1 is 1.00 bits per heavy atom. The highest BCUT2D eigenvalue weighted by Crippen LogP contribution is 2.33. The van der Waals surface area contributed by atoms with Gasteiger partial charge in [0, 0.05) is 40.2 Å². The summed E-state index contributed by atoms with van der Waals surface area (Å²) in [6, 6.07) is 12.0. The summed E-state index contributed by atoms with van der Waals surface area (Å²) < 4.78 is 0. The summed E-state index contributed by atoms with van der Waals surface area (Å²) in [5, 5.41) is 15.8. The van der Waals surface area contributed by atoms with Crippen molar-refractivity contribution in [3.63, 3.8) is 0 Å². The Labute approximate surface area is 209 Å². The van der Waals surface area contributed by atoms with E-state index in [1.54, 1.807) is 29.9 Å². The molecule has 7 rings (SSSR count). The van der Waals surface area contributed by atoms with Crippen molar-refractivity contribution in [2.75, 3.05) is 5.32 Å². The lowest BCUT2D eigenvalue weighted by molar-refractivity contribution is -0.122. The normalized spacial score (nSPS) is 13.8. The molecule has 0 bridgehead atoms. The molecule has 8 nitrogen and oxygen atoms in total. The molecule has 0 radical (unpaired) electrons. The molecule has 0 aliphatic heterocycles. The van der Waals surface area contributed by atoms with Crippen LogP contribution in [0.15, 0.2) is 65.7 Å². The molecule has 9 heteroatoms. The van der Waals surface area contributed by atoms with E-state index in [-0.39, 0.29) is 11.8 Å². The van der Waals surface area contributed by atoms with Gasteiger partial charge in [-0.15, -0.1) is 0 Å². The van der Waals surface area contributed by atoms with Crippen LogP contribution in [0, 0.1) is 5.92 Å². The summed E-state index contributed by atoms with van der Waals surface area (Å²) in [5.74, 6) is 0.879. The molecule has 36 heavy (non-hydrogen) atoms. The van der Waals surface area contributed by atoms with Crippen LogP contribution in [-0.4, -0.2) is 36.0 Å². The molecular weight excluding hydrogens is 470 g/mol. The zero-order chi connectivity index (χ0) is 24.1. The number of hydrogen-bond donors (Lipinski definition) is 3. The second kappa shape index (κ2) is 8.39. The maximum Gasteiger partial charge on any atom is 0.227 e. The zero-order valence-corrected chi connectivity index (χ0v) is 20.0. The monoisotopic (exact) mass is 491 g/mol. The molecule has 6 aromatic rings. The molecule has 1 aliphatic carbocycles. The van der Waals surface area contributed by atoms with Gasteiger partial charge in [-0.3, -0.25) is 19.9 Å². The predicted octanol–water partition coefficient (Wildman–Crippen LogP) is 6.03. The van der Waals surface area contributed by atoms with Crippen molar-refractivity contribution in [1.29, 1.82) is 0 Å². The summed E-state index contributed by atoms with van der Waals surface area (Å²) in [5.41, 5.74) is 7.89. The molecule has 1 saturated carbocycles. The van der Waals surface area contributed by atoms with E-state index >= 15 is 0 Å². The van der Waals surface area contributed by atoms with Crippen LogP contribution in [0.1, 0.15) is 19.3 Å². The number of aromatic amines is 2. The van der Waals surface area contributed by atoms with E-state index in [2.05, 4.69) is 41.9 Å². The summed E-state index contributed by atoms with van der Waals surface area (Å²) in [6.07, 6.45) is 8.34. The van der Waals surface area contributed by atoms with Gasteiger partial charge in [0.2, 0.25) is 5.91 Å². The number of fused-ring (bicyclic) bond motifs is 2. The maximum absolute atomic E-state index is 12.4. The lowest BCUT2D eigenvalue weighted by Gasteiger charge is -2.24. The average Bonchev–Trinajstić information content (AvgIpc) is 3.61. The quantitative estimate of drug-likeness (QED) is 0.273. The van der Waals surface area contributed by atoms with Gasteiger partial charge in [0.25, 0.3) is 0 Å². The summed E-state index contributed by atoms with van der Waals surface area (Å²) in [4.78, 5) is 29.6. The minimum atomic E-state index is 0.0777. The van der Waals surface area contributed by atoms with Crippen molar-refractivity contribution in [2.24, 2.45) is 5.92 Å². The molecule has 3 N–H and O–H groups in total. The number of imidazole rings is 1. The van der Waals surface area contributed by atoms with E-state index < -0.39 is 0 Å². The molecule has 5 heterocycles. The van der Waals surface area contributed by atoms with Gasteiger partial charge < -0.3 is 10.3 Å². The van der Waals surface area contributed by atoms with Gasteiger partial charge in [-0.05, 0) is 54.1 Å². The molecule has 0 spiro atoms. The number of benzene rings is 1. The van der Waals surface area contributed by atoms with Gasteiger partial charge in [0.1, 0.15) is 11.2 Å². The number of aromatic nitrogens is 6. The van der Waals surface area contributed by atoms with Crippen molar-refractivity contribution in [3.05, 3.63) is 65.7 Å². The van der Waals surface area contributed by atoms with Crippen LogP contribution in [0.5, 0.6) is 0 Å². The standard InChI is InChI=1S/C27H21N7OS/c35-27(15-2-1-3-15)30-19-10-18(12-28-13-19)16-4-5-21-20(11-16)24(34-33-21)26-31-22-6-8-29-23(25(22)32-26)17-7-9-36-14-17/h4-15H,1-3H2,(H,30,35)(H,31,32)(H,33,34). The molecule has 0 unspecified atom stereocenters. The van der Waals surface area contributed by atoms with Crippen LogP contribution >= 0.6 is 11.3 Å². The number of nitrogens with one attached hydrogen (secondary N) is 3. The highest BCUT2D eigenvalue weighted by molar-refractivity contribution is 7.08. The van der Waals surface area contributed by atoms with Gasteiger partial charge in [0.15, 0.2) is 5.82 Å². The van der Waals surface area contributed by atoms with E-state index in [1.807, 2.05) is 35.7 Å². The zero-order valence-electron chi connectivity index (χ0n) is 19.2. The molecule has 176 valence electrons. The maximum atomic E-state index is 12.4. The van der Waals surface area contributed by atoms with Crippen molar-refractivity contribution >= 4 is 44.9 Å². The minimum Gasteiger partial charge on any atom is -0.336 e. The van der Waals surface area contributed by atoms with Gasteiger partial charge in [-0.25, -0.2) is 4.98 Å². The molecule has 1 amide bonds. The van der Waals surface area contributed by atoms with Gasteiger partial charge in [-0.2, -0.15) is 16.4 Å².